The normalized spacial score (nSPS) is 17.8. The molecule has 0 aromatic heterocycles. The van der Waals surface area contributed by atoms with E-state index >= 15 is 0 Å². The molecule has 104 valence electrons. The minimum absolute atomic E-state index is 0.290. The molecule has 1 aliphatic carbocycles. The highest BCUT2D eigenvalue weighted by atomic mass is 16.7. The van der Waals surface area contributed by atoms with E-state index < -0.39 is 0 Å². The van der Waals surface area contributed by atoms with E-state index in [2.05, 4.69) is 18.7 Å². The molecule has 1 aromatic carbocycles. The van der Waals surface area contributed by atoms with E-state index in [4.69, 9.17) is 9.47 Å². The Kier molecular flexibility index (Phi) is 4.89. The Bertz CT molecular complexity index is 419. The van der Waals surface area contributed by atoms with Crippen molar-refractivity contribution in [2.24, 2.45) is 0 Å². The lowest BCUT2D eigenvalue weighted by molar-refractivity contribution is -0.0285. The second-order valence-corrected chi connectivity index (χ2v) is 5.38. The predicted octanol–water partition coefficient (Wildman–Crippen LogP) is 5.01. The van der Waals surface area contributed by atoms with Gasteiger partial charge in [-0.1, -0.05) is 44.0 Å². The van der Waals surface area contributed by atoms with Gasteiger partial charge in [0.25, 0.3) is 0 Å². The number of benzene rings is 1. The van der Waals surface area contributed by atoms with Crippen LogP contribution in [0.4, 0.5) is 0 Å². The van der Waals surface area contributed by atoms with Crippen LogP contribution >= 0.6 is 0 Å². The average Bonchev–Trinajstić information content (AvgIpc) is 2.39. The van der Waals surface area contributed by atoms with Crippen LogP contribution in [0, 0.1) is 0 Å². The van der Waals surface area contributed by atoms with E-state index in [1.54, 1.807) is 0 Å². The lowest BCUT2D eigenvalue weighted by atomic mass is 9.84. The highest BCUT2D eigenvalue weighted by molar-refractivity contribution is 5.36. The van der Waals surface area contributed by atoms with Crippen LogP contribution in [0.5, 0.6) is 5.75 Å². The molecule has 0 heterocycles. The van der Waals surface area contributed by atoms with E-state index in [0.717, 1.165) is 5.75 Å². The van der Waals surface area contributed by atoms with E-state index in [-0.39, 0.29) is 6.29 Å². The predicted molar refractivity (Wildman–Crippen MR) is 78.3 cm³/mol. The first-order valence-corrected chi connectivity index (χ1v) is 7.24. The number of para-hydroxylation sites is 1. The largest absolute Gasteiger partial charge is 0.460 e. The van der Waals surface area contributed by atoms with Crippen LogP contribution in [0.3, 0.4) is 0 Å². The molecule has 1 atom stereocenters. The molecule has 1 saturated carbocycles. The van der Waals surface area contributed by atoms with E-state index in [0.29, 0.717) is 11.7 Å². The van der Waals surface area contributed by atoms with Gasteiger partial charge < -0.3 is 9.47 Å². The van der Waals surface area contributed by atoms with E-state index in [9.17, 15) is 0 Å². The molecule has 19 heavy (non-hydrogen) atoms. The van der Waals surface area contributed by atoms with Crippen molar-refractivity contribution in [2.45, 2.75) is 58.2 Å². The third-order valence-corrected chi connectivity index (χ3v) is 3.62. The van der Waals surface area contributed by atoms with Gasteiger partial charge in [0, 0.05) is 6.92 Å². The fourth-order valence-electron chi connectivity index (χ4n) is 2.82. The number of hydrogen-bond acceptors (Lipinski definition) is 2. The van der Waals surface area contributed by atoms with Crippen molar-refractivity contribution in [1.82, 2.24) is 0 Å². The Hall–Kier alpha value is -1.44. The molecule has 0 saturated heterocycles. The number of ether oxygens (including phenoxy) is 2. The second-order valence-electron chi connectivity index (χ2n) is 5.38. The fourth-order valence-corrected chi connectivity index (χ4v) is 2.82. The summed E-state index contributed by atoms with van der Waals surface area (Å²) >= 11 is 0. The average molecular weight is 260 g/mol. The molecule has 0 aliphatic heterocycles. The van der Waals surface area contributed by atoms with Gasteiger partial charge in [-0.15, -0.1) is 0 Å². The van der Waals surface area contributed by atoms with Crippen molar-refractivity contribution < 1.29 is 9.47 Å². The number of hydrogen-bond donors (Lipinski definition) is 0. The van der Waals surface area contributed by atoms with Crippen LogP contribution < -0.4 is 4.74 Å². The van der Waals surface area contributed by atoms with Crippen LogP contribution in [0.2, 0.25) is 0 Å². The van der Waals surface area contributed by atoms with Crippen molar-refractivity contribution in [1.29, 1.82) is 0 Å². The molecule has 1 unspecified atom stereocenters. The number of rotatable bonds is 5. The highest BCUT2D eigenvalue weighted by Crippen LogP contribution is 2.37. The van der Waals surface area contributed by atoms with Gasteiger partial charge in [-0.05, 0) is 37.3 Å². The summed E-state index contributed by atoms with van der Waals surface area (Å²) in [5, 5.41) is 0. The monoisotopic (exact) mass is 260 g/mol. The third kappa shape index (κ3) is 4.02. The molecule has 0 spiro atoms. The lowest BCUT2D eigenvalue weighted by Gasteiger charge is -2.25. The lowest BCUT2D eigenvalue weighted by Crippen LogP contribution is -2.17. The minimum Gasteiger partial charge on any atom is -0.460 e. The highest BCUT2D eigenvalue weighted by Gasteiger charge is 2.19. The second kappa shape index (κ2) is 6.65. The molecule has 0 amide bonds. The zero-order valence-electron chi connectivity index (χ0n) is 12.0. The molecule has 1 aromatic rings. The summed E-state index contributed by atoms with van der Waals surface area (Å²) in [6.45, 7) is 7.50. The van der Waals surface area contributed by atoms with Crippen molar-refractivity contribution in [3.63, 3.8) is 0 Å². The SMILES string of the molecule is C=C(C)OC(C)Oc1ccccc1C1CCCCC1. The quantitative estimate of drug-likeness (QED) is 0.547. The van der Waals surface area contributed by atoms with Crippen molar-refractivity contribution in [3.05, 3.63) is 42.2 Å². The Morgan fingerprint density at radius 1 is 1.21 bits per heavy atom. The van der Waals surface area contributed by atoms with Crippen molar-refractivity contribution in [2.75, 3.05) is 0 Å². The van der Waals surface area contributed by atoms with Crippen molar-refractivity contribution >= 4 is 0 Å². The zero-order valence-corrected chi connectivity index (χ0v) is 12.0. The topological polar surface area (TPSA) is 18.5 Å². The molecule has 0 bridgehead atoms. The third-order valence-electron chi connectivity index (χ3n) is 3.62. The maximum absolute atomic E-state index is 5.93. The maximum Gasteiger partial charge on any atom is 0.237 e. The fraction of sp³-hybridized carbons (Fsp3) is 0.529. The van der Waals surface area contributed by atoms with Gasteiger partial charge >= 0.3 is 0 Å². The van der Waals surface area contributed by atoms with E-state index in [1.165, 1.54) is 37.7 Å². The summed E-state index contributed by atoms with van der Waals surface area (Å²) in [6, 6.07) is 8.36. The summed E-state index contributed by atoms with van der Waals surface area (Å²) in [4.78, 5) is 0. The van der Waals surface area contributed by atoms with Crippen molar-refractivity contribution in [3.8, 4) is 5.75 Å². The van der Waals surface area contributed by atoms with Crippen LogP contribution in [-0.4, -0.2) is 6.29 Å². The Morgan fingerprint density at radius 2 is 1.89 bits per heavy atom. The summed E-state index contributed by atoms with van der Waals surface area (Å²) in [5.74, 6) is 2.28. The smallest absolute Gasteiger partial charge is 0.237 e. The Morgan fingerprint density at radius 3 is 2.58 bits per heavy atom. The zero-order chi connectivity index (χ0) is 13.7. The molecule has 2 nitrogen and oxygen atoms in total. The van der Waals surface area contributed by atoms with Crippen LogP contribution in [0.15, 0.2) is 36.6 Å². The van der Waals surface area contributed by atoms with Gasteiger partial charge in [0.05, 0.1) is 5.76 Å². The first-order chi connectivity index (χ1) is 9.16. The molecular formula is C17H24O2. The first kappa shape index (κ1) is 14.0. The standard InChI is InChI=1S/C17H24O2/c1-13(2)18-14(3)19-17-12-8-7-11-16(17)15-9-5-4-6-10-15/h7-8,11-12,14-15H,1,4-6,9-10H2,2-3H3. The van der Waals surface area contributed by atoms with Gasteiger partial charge in [-0.2, -0.15) is 0 Å². The minimum atomic E-state index is -0.290. The Labute approximate surface area is 116 Å². The van der Waals surface area contributed by atoms with Gasteiger partial charge in [0.1, 0.15) is 5.75 Å². The first-order valence-electron chi connectivity index (χ1n) is 7.24. The van der Waals surface area contributed by atoms with Gasteiger partial charge in [-0.3, -0.25) is 0 Å². The summed E-state index contributed by atoms with van der Waals surface area (Å²) in [7, 11) is 0. The van der Waals surface area contributed by atoms with Gasteiger partial charge in [0.15, 0.2) is 0 Å². The summed E-state index contributed by atoms with van der Waals surface area (Å²) in [6.07, 6.45) is 6.29. The molecule has 2 rings (SSSR count). The van der Waals surface area contributed by atoms with Crippen LogP contribution in [0.25, 0.3) is 0 Å². The van der Waals surface area contributed by atoms with Gasteiger partial charge in [0.2, 0.25) is 6.29 Å². The molecule has 0 N–H and O–H groups in total. The molecule has 0 radical (unpaired) electrons. The van der Waals surface area contributed by atoms with Crippen LogP contribution in [0.1, 0.15) is 57.4 Å². The molecule has 1 aliphatic rings. The molecule has 1 fully saturated rings. The Balaban J connectivity index is 2.09. The van der Waals surface area contributed by atoms with Gasteiger partial charge in [-0.25, -0.2) is 0 Å². The number of allylic oxidation sites excluding steroid dienone is 1. The van der Waals surface area contributed by atoms with E-state index in [1.807, 2.05) is 26.0 Å². The summed E-state index contributed by atoms with van der Waals surface area (Å²) in [5.41, 5.74) is 1.33. The summed E-state index contributed by atoms with van der Waals surface area (Å²) < 4.78 is 11.4. The molecule has 2 heteroatoms. The maximum atomic E-state index is 5.93. The molecular weight excluding hydrogens is 236 g/mol. The van der Waals surface area contributed by atoms with Crippen LogP contribution in [-0.2, 0) is 4.74 Å².